The van der Waals surface area contributed by atoms with Crippen molar-refractivity contribution >= 4 is 18.5 Å². The van der Waals surface area contributed by atoms with Crippen LogP contribution >= 0.6 is 0 Å². The third kappa shape index (κ3) is 20.0. The van der Waals surface area contributed by atoms with Crippen molar-refractivity contribution in [1.82, 2.24) is 10.6 Å². The summed E-state index contributed by atoms with van der Waals surface area (Å²) in [6.07, 6.45) is 1.67. The Labute approximate surface area is 187 Å². The Morgan fingerprint density at radius 1 is 1.09 bits per heavy atom. The minimum absolute atomic E-state index is 0. The van der Waals surface area contributed by atoms with Gasteiger partial charge in [0.15, 0.2) is 0 Å². The van der Waals surface area contributed by atoms with Gasteiger partial charge in [0.25, 0.3) is 0 Å². The van der Waals surface area contributed by atoms with Gasteiger partial charge in [-0.2, -0.15) is 6.41 Å². The first-order valence-electron chi connectivity index (χ1n) is 10.4. The summed E-state index contributed by atoms with van der Waals surface area (Å²) in [6, 6.07) is 0. The predicted octanol–water partition coefficient (Wildman–Crippen LogP) is 2.93. The van der Waals surface area contributed by atoms with Crippen molar-refractivity contribution < 1.29 is 33.7 Å². The average molecular weight is 705 g/mol. The number of hydrogen-bond acceptors (Lipinski definition) is 7. The Kier molecular flexibility index (Phi) is 22.2. The number of nitrogens with one attached hydrogen (secondary N) is 2. The van der Waals surface area contributed by atoms with Crippen molar-refractivity contribution in [3.05, 3.63) is 12.3 Å². The summed E-state index contributed by atoms with van der Waals surface area (Å²) in [5.41, 5.74) is -1.59. The molecule has 0 aliphatic carbocycles. The Morgan fingerprint density at radius 2 is 1.59 bits per heavy atom. The first-order chi connectivity index (χ1) is 14.3. The van der Waals surface area contributed by atoms with Crippen LogP contribution in [0.1, 0.15) is 61.8 Å². The molecular weight excluding hydrogens is 661 g/mol. The van der Waals surface area contributed by atoms with E-state index >= 15 is 0 Å². The normalized spacial score (nSPS) is 11.6. The summed E-state index contributed by atoms with van der Waals surface area (Å²) in [5.74, 6) is 0.474. The Balaban J connectivity index is -0.000000300. The van der Waals surface area contributed by atoms with Crippen LogP contribution in [0.25, 0.3) is 0 Å². The fraction of sp³-hybridized carbons (Fsp3) is 0.773. The van der Waals surface area contributed by atoms with E-state index in [1.54, 1.807) is 27.7 Å². The van der Waals surface area contributed by atoms with Gasteiger partial charge < -0.3 is 34.7 Å². The second-order valence-electron chi connectivity index (χ2n) is 7.96. The number of rotatable bonds is 12. The molecule has 1 atom stereocenters. The molecule has 0 spiro atoms. The van der Waals surface area contributed by atoms with Gasteiger partial charge in [0.2, 0.25) is 0 Å². The summed E-state index contributed by atoms with van der Waals surface area (Å²) in [7, 11) is 1.45. The van der Waals surface area contributed by atoms with Crippen LogP contribution in [-0.4, -0.2) is 62.6 Å². The largest absolute Gasteiger partial charge is 0.524 e. The van der Waals surface area contributed by atoms with E-state index in [-0.39, 0.29) is 19.8 Å². The minimum atomic E-state index is -1.07. The van der Waals surface area contributed by atoms with Crippen LogP contribution in [0.15, 0.2) is 12.3 Å². The fourth-order valence-corrected chi connectivity index (χ4v) is 1.48. The van der Waals surface area contributed by atoms with Crippen molar-refractivity contribution in [2.24, 2.45) is 11.3 Å². The van der Waals surface area contributed by atoms with E-state index in [0.29, 0.717) is 18.3 Å². The number of aliphatic hydroxyl groups excluding tert-OH is 1. The molecule has 10 heteroatoms. The van der Waals surface area contributed by atoms with Gasteiger partial charge in [-0.1, -0.05) is 34.3 Å². The second-order valence-corrected chi connectivity index (χ2v) is 7.96. The van der Waals surface area contributed by atoms with Crippen LogP contribution in [0.3, 0.4) is 0 Å². The van der Waals surface area contributed by atoms with E-state index in [0.717, 1.165) is 6.42 Å². The molecule has 0 fully saturated rings. The molecule has 0 saturated heterocycles. The molecule has 0 aliphatic rings. The summed E-state index contributed by atoms with van der Waals surface area (Å²) in [6.45, 7) is 18.6. The SMILES string of the molecule is C=C(C)OCC(C)(COC(=O)NC)C(=O)OCCC(C)C.CC.CC(C)(CO)N[C-]=O.[Fm]. The summed E-state index contributed by atoms with van der Waals surface area (Å²) < 4.78 is 15.5. The van der Waals surface area contributed by atoms with Gasteiger partial charge in [-0.3, -0.25) is 4.79 Å². The molecular formula is C22H43FmN2O7-. The number of carbonyl (C=O) groups is 2. The van der Waals surface area contributed by atoms with Gasteiger partial charge >= 0.3 is 12.1 Å². The maximum atomic E-state index is 12.2. The van der Waals surface area contributed by atoms with Gasteiger partial charge in [-0.25, -0.2) is 4.79 Å². The van der Waals surface area contributed by atoms with E-state index in [2.05, 4.69) is 17.2 Å². The van der Waals surface area contributed by atoms with Crippen molar-refractivity contribution in [3.63, 3.8) is 0 Å². The number of carbonyl (C=O) groups excluding carboxylic acids is 3. The quantitative estimate of drug-likeness (QED) is 0.124. The minimum Gasteiger partial charge on any atom is -0.524 e. The van der Waals surface area contributed by atoms with Gasteiger partial charge in [0.1, 0.15) is 18.6 Å². The Hall–Kier alpha value is -3.29. The first-order valence-corrected chi connectivity index (χ1v) is 10.4. The maximum absolute atomic E-state index is 12.2. The molecule has 9 nitrogen and oxygen atoms in total. The topological polar surface area (TPSA) is 123 Å². The number of allylic oxidation sites excluding steroid dienone is 1. The third-order valence-electron chi connectivity index (χ3n) is 3.57. The first kappa shape index (κ1) is 36.1. The number of alkyl carbamates (subject to hydrolysis) is 1. The molecule has 0 aromatic carbocycles. The number of hydrogen-bond donors (Lipinski definition) is 3. The number of esters is 1. The van der Waals surface area contributed by atoms with E-state index in [1.165, 1.54) is 13.5 Å². The zero-order valence-electron chi connectivity index (χ0n) is 21.0. The molecule has 0 rings (SSSR count). The molecule has 0 heterocycles. The van der Waals surface area contributed by atoms with E-state index in [9.17, 15) is 14.4 Å². The third-order valence-corrected chi connectivity index (χ3v) is 3.57. The molecule has 0 bridgehead atoms. The maximum Gasteiger partial charge on any atom is 0.406 e. The van der Waals surface area contributed by atoms with Crippen LogP contribution in [0.2, 0.25) is 0 Å². The number of aliphatic hydroxyl groups is 1. The number of ether oxygens (including phenoxy) is 3. The Morgan fingerprint density at radius 3 is 1.94 bits per heavy atom. The molecule has 3 N–H and O–H groups in total. The van der Waals surface area contributed by atoms with Gasteiger partial charge in [0, 0.05) is 12.6 Å². The van der Waals surface area contributed by atoms with Crippen molar-refractivity contribution in [2.75, 3.05) is 33.5 Å². The van der Waals surface area contributed by atoms with Gasteiger partial charge in [0.05, 0.1) is 19.0 Å². The molecule has 1 unspecified atom stereocenters. The molecule has 0 aromatic heterocycles. The Bertz CT molecular complexity index is 528. The second kappa shape index (κ2) is 19.7. The van der Waals surface area contributed by atoms with E-state index in [4.69, 9.17) is 19.3 Å². The monoisotopic (exact) mass is 704 g/mol. The summed E-state index contributed by atoms with van der Waals surface area (Å²) in [5, 5.41) is 13.1. The van der Waals surface area contributed by atoms with Crippen LogP contribution < -0.4 is 10.6 Å². The van der Waals surface area contributed by atoms with Crippen LogP contribution in [-0.2, 0) is 23.8 Å². The summed E-state index contributed by atoms with van der Waals surface area (Å²) >= 11 is 0. The molecule has 2 amide bonds. The predicted molar refractivity (Wildman–Crippen MR) is 121 cm³/mol. The van der Waals surface area contributed by atoms with Crippen LogP contribution in [0.5, 0.6) is 0 Å². The van der Waals surface area contributed by atoms with E-state index < -0.39 is 23.0 Å². The van der Waals surface area contributed by atoms with Crippen LogP contribution in [0, 0.1) is 11.3 Å². The zero-order chi connectivity index (χ0) is 25.1. The van der Waals surface area contributed by atoms with Crippen molar-refractivity contribution in [3.8, 4) is 0 Å². The number of amides is 2. The fourth-order valence-electron chi connectivity index (χ4n) is 1.48. The molecule has 0 aliphatic heterocycles. The van der Waals surface area contributed by atoms with Crippen LogP contribution in [0.4, 0.5) is 4.79 Å². The average Bonchev–Trinajstić information content (AvgIpc) is 2.72. The molecule has 0 radical (unpaired) electrons. The van der Waals surface area contributed by atoms with Gasteiger partial charge in [-0.15, -0.1) is 0 Å². The molecule has 0 aromatic rings. The molecule has 0 saturated carbocycles. The van der Waals surface area contributed by atoms with Crippen molar-refractivity contribution in [1.29, 1.82) is 0 Å². The van der Waals surface area contributed by atoms with Gasteiger partial charge in [-0.05, 0) is 40.0 Å². The van der Waals surface area contributed by atoms with E-state index in [1.807, 2.05) is 27.7 Å². The molecule has 196 valence electrons. The standard InChI is InChI=1S/C15H27NO5.C5H10NO2.C2H6.Fm/c1-11(2)7-8-19-13(17)15(5,9-20-12(3)4)10-21-14(18)16-6;1-5(2,3-7)6-4-8;1-2;/h11H,3,7-10H2,1-2,4-6H3,(H,16,18);7H,3H2,1-2H3,(H,6,8);1-2H3;/q;-1;;. The molecule has 32 heavy (non-hydrogen) atoms. The van der Waals surface area contributed by atoms with Crippen molar-refractivity contribution in [2.45, 2.75) is 67.3 Å². The smallest absolute Gasteiger partial charge is 0.406 e. The zero-order valence-corrected chi connectivity index (χ0v) is 23.4. The summed E-state index contributed by atoms with van der Waals surface area (Å²) in [4.78, 5) is 33.0.